The van der Waals surface area contributed by atoms with Crippen molar-refractivity contribution < 1.29 is 24.1 Å². The van der Waals surface area contributed by atoms with Crippen LogP contribution in [0.1, 0.15) is 43.5 Å². The van der Waals surface area contributed by atoms with Crippen molar-refractivity contribution in [3.63, 3.8) is 0 Å². The van der Waals surface area contributed by atoms with Crippen LogP contribution in [0.2, 0.25) is 0 Å². The molecule has 3 amide bonds. The van der Waals surface area contributed by atoms with Crippen LogP contribution in [0.25, 0.3) is 0 Å². The van der Waals surface area contributed by atoms with Gasteiger partial charge in [0.15, 0.2) is 0 Å². The Balaban J connectivity index is 1.79. The Bertz CT molecular complexity index is 821. The van der Waals surface area contributed by atoms with E-state index in [1.54, 1.807) is 4.57 Å². The van der Waals surface area contributed by atoms with Gasteiger partial charge in [-0.15, -0.1) is 0 Å². The molecular formula is C16H20N5O4+. The molecule has 3 heterocycles. The quantitative estimate of drug-likeness (QED) is 0.817. The van der Waals surface area contributed by atoms with Crippen molar-refractivity contribution in [2.75, 3.05) is 13.6 Å². The number of carboxylic acids is 1. The molecule has 0 spiro atoms. The van der Waals surface area contributed by atoms with Crippen molar-refractivity contribution in [3.8, 4) is 0 Å². The number of rotatable bonds is 3. The zero-order chi connectivity index (χ0) is 17.9. The topological polar surface area (TPSA) is 99.1 Å². The molecule has 132 valence electrons. The smallest absolute Gasteiger partial charge is 0.402 e. The first kappa shape index (κ1) is 15.8. The number of hydrogen-bond acceptors (Lipinski definition) is 4. The van der Waals surface area contributed by atoms with E-state index in [1.807, 2.05) is 13.1 Å². The maximum atomic E-state index is 12.8. The van der Waals surface area contributed by atoms with E-state index in [-0.39, 0.29) is 0 Å². The second-order valence-electron chi connectivity index (χ2n) is 6.82. The van der Waals surface area contributed by atoms with Gasteiger partial charge in [0.1, 0.15) is 18.4 Å². The lowest BCUT2D eigenvalue weighted by atomic mass is 10.1. The number of amidine groups is 1. The van der Waals surface area contributed by atoms with E-state index >= 15 is 0 Å². The Morgan fingerprint density at radius 1 is 1.36 bits per heavy atom. The number of aliphatic carboxylic acids is 1. The fourth-order valence-electron chi connectivity index (χ4n) is 4.10. The third kappa shape index (κ3) is 2.18. The van der Waals surface area contributed by atoms with Crippen molar-refractivity contribution in [3.05, 3.63) is 11.9 Å². The number of urea groups is 1. The van der Waals surface area contributed by atoms with Crippen LogP contribution in [0.4, 0.5) is 10.7 Å². The van der Waals surface area contributed by atoms with Crippen LogP contribution >= 0.6 is 0 Å². The number of hydrogen-bond donors (Lipinski definition) is 1. The molecule has 0 bridgehead atoms. The SMILES string of the molecule is Cc1c[n+]2c(n1C1CCCC1)N=C1C2C(=O)N(CC(=O)O)C(=O)N1C. The van der Waals surface area contributed by atoms with E-state index < -0.39 is 30.5 Å². The number of aliphatic imine (C=N–C) groups is 1. The summed E-state index contributed by atoms with van der Waals surface area (Å²) >= 11 is 0. The van der Waals surface area contributed by atoms with Crippen LogP contribution < -0.4 is 4.57 Å². The molecule has 9 nitrogen and oxygen atoms in total. The Morgan fingerprint density at radius 2 is 2.04 bits per heavy atom. The Kier molecular flexibility index (Phi) is 3.41. The molecule has 1 aromatic heterocycles. The van der Waals surface area contributed by atoms with Crippen molar-refractivity contribution in [1.29, 1.82) is 0 Å². The number of fused-ring (bicyclic) bond motifs is 3. The van der Waals surface area contributed by atoms with Gasteiger partial charge in [-0.3, -0.25) is 14.5 Å². The van der Waals surface area contributed by atoms with Crippen molar-refractivity contribution >= 4 is 29.7 Å². The summed E-state index contributed by atoms with van der Waals surface area (Å²) in [4.78, 5) is 42.8. The highest BCUT2D eigenvalue weighted by Crippen LogP contribution is 2.36. The van der Waals surface area contributed by atoms with Crippen LogP contribution in [-0.4, -0.2) is 56.8 Å². The molecule has 0 radical (unpaired) electrons. The number of nitrogens with zero attached hydrogens (tertiary/aromatic N) is 5. The minimum atomic E-state index is -1.22. The Hall–Kier alpha value is -2.71. The normalized spacial score (nSPS) is 23.1. The molecule has 4 rings (SSSR count). The average molecular weight is 346 g/mol. The minimum Gasteiger partial charge on any atom is -0.480 e. The van der Waals surface area contributed by atoms with Crippen LogP contribution in [0.5, 0.6) is 0 Å². The van der Waals surface area contributed by atoms with Crippen LogP contribution in [0, 0.1) is 6.92 Å². The van der Waals surface area contributed by atoms with Gasteiger partial charge in [-0.1, -0.05) is 4.99 Å². The zero-order valence-electron chi connectivity index (χ0n) is 14.2. The van der Waals surface area contributed by atoms with E-state index in [4.69, 9.17) is 5.11 Å². The first-order valence-corrected chi connectivity index (χ1v) is 8.42. The highest BCUT2D eigenvalue weighted by Gasteiger charge is 2.53. The van der Waals surface area contributed by atoms with Gasteiger partial charge in [0, 0.05) is 7.05 Å². The summed E-state index contributed by atoms with van der Waals surface area (Å²) in [5, 5.41) is 9.01. The number of aryl methyl sites for hydroxylation is 1. The number of carboxylic acid groups (broad SMARTS) is 1. The second-order valence-corrected chi connectivity index (χ2v) is 6.82. The van der Waals surface area contributed by atoms with Gasteiger partial charge in [-0.2, -0.15) is 0 Å². The van der Waals surface area contributed by atoms with E-state index in [0.717, 1.165) is 23.4 Å². The number of amides is 3. The van der Waals surface area contributed by atoms with Crippen molar-refractivity contribution in [1.82, 2.24) is 14.4 Å². The maximum absolute atomic E-state index is 12.8. The molecule has 1 saturated heterocycles. The van der Waals surface area contributed by atoms with E-state index in [1.165, 1.54) is 24.8 Å². The monoisotopic (exact) mass is 346 g/mol. The number of aromatic nitrogens is 2. The number of likely N-dealkylation sites (N-methyl/N-ethyl adjacent to an activating group) is 1. The van der Waals surface area contributed by atoms with E-state index in [0.29, 0.717) is 17.8 Å². The standard InChI is InChI=1S/C16H19N5O4/c1-9-7-19-12-13(17-15(19)21(9)10-5-3-4-6-10)18(2)16(25)20(14(12)24)8-11(22)23/h7,10,12H,3-6,8H2,1-2H3/p+1. The third-order valence-corrected chi connectivity index (χ3v) is 5.23. The largest absolute Gasteiger partial charge is 0.480 e. The van der Waals surface area contributed by atoms with Gasteiger partial charge in [0.25, 0.3) is 5.91 Å². The fraction of sp³-hybridized carbons (Fsp3) is 0.562. The predicted octanol–water partition coefficient (Wildman–Crippen LogP) is 0.762. The molecule has 25 heavy (non-hydrogen) atoms. The number of imidazole rings is 1. The summed E-state index contributed by atoms with van der Waals surface area (Å²) in [5.74, 6) is -0.747. The molecular weight excluding hydrogens is 326 g/mol. The summed E-state index contributed by atoms with van der Waals surface area (Å²) in [7, 11) is 1.52. The fourth-order valence-corrected chi connectivity index (χ4v) is 4.10. The van der Waals surface area contributed by atoms with Crippen molar-refractivity contribution in [2.45, 2.75) is 44.7 Å². The molecule has 3 aliphatic rings. The molecule has 1 aliphatic carbocycles. The summed E-state index contributed by atoms with van der Waals surface area (Å²) in [6.45, 7) is 1.33. The lowest BCUT2D eigenvalue weighted by Gasteiger charge is -2.32. The van der Waals surface area contributed by atoms with Crippen molar-refractivity contribution in [2.24, 2.45) is 4.99 Å². The molecule has 1 N–H and O–H groups in total. The lowest BCUT2D eigenvalue weighted by Crippen LogP contribution is -2.63. The number of carbonyl (C=O) groups excluding carboxylic acids is 2. The first-order chi connectivity index (χ1) is 11.9. The van der Waals surface area contributed by atoms with E-state index in [2.05, 4.69) is 9.56 Å². The Labute approximate surface area is 144 Å². The molecule has 1 atom stereocenters. The van der Waals surface area contributed by atoms with Gasteiger partial charge in [0.05, 0.1) is 6.04 Å². The summed E-state index contributed by atoms with van der Waals surface area (Å²) in [6, 6.07) is -1.08. The minimum absolute atomic E-state index is 0.354. The average Bonchev–Trinajstić information content (AvgIpc) is 3.24. The summed E-state index contributed by atoms with van der Waals surface area (Å²) < 4.78 is 3.91. The molecule has 9 heteroatoms. The molecule has 0 aromatic carbocycles. The molecule has 1 unspecified atom stereocenters. The van der Waals surface area contributed by atoms with Gasteiger partial charge in [-0.25, -0.2) is 18.8 Å². The first-order valence-electron chi connectivity index (χ1n) is 8.42. The van der Waals surface area contributed by atoms with E-state index in [9.17, 15) is 14.4 Å². The summed E-state index contributed by atoms with van der Waals surface area (Å²) in [5.41, 5.74) is 1.02. The van der Waals surface area contributed by atoms with Gasteiger partial charge in [0.2, 0.25) is 11.9 Å². The molecule has 2 aliphatic heterocycles. The number of carbonyl (C=O) groups is 3. The molecule has 1 saturated carbocycles. The highest BCUT2D eigenvalue weighted by molar-refractivity contribution is 6.19. The predicted molar refractivity (Wildman–Crippen MR) is 85.5 cm³/mol. The van der Waals surface area contributed by atoms with Gasteiger partial charge < -0.3 is 5.11 Å². The van der Waals surface area contributed by atoms with Gasteiger partial charge >= 0.3 is 17.9 Å². The molecule has 2 fully saturated rings. The lowest BCUT2D eigenvalue weighted by molar-refractivity contribution is -0.677. The van der Waals surface area contributed by atoms with Crippen LogP contribution in [0.15, 0.2) is 11.2 Å². The second kappa shape index (κ2) is 5.40. The molecule has 1 aromatic rings. The zero-order valence-corrected chi connectivity index (χ0v) is 14.2. The maximum Gasteiger partial charge on any atom is 0.402 e. The van der Waals surface area contributed by atoms with Crippen LogP contribution in [0.3, 0.4) is 0 Å². The van der Waals surface area contributed by atoms with Crippen LogP contribution in [-0.2, 0) is 9.59 Å². The Morgan fingerprint density at radius 3 is 2.68 bits per heavy atom. The number of imide groups is 1. The third-order valence-electron chi connectivity index (χ3n) is 5.23. The summed E-state index contributed by atoms with van der Waals surface area (Å²) in [6.07, 6.45) is 6.37. The highest BCUT2D eigenvalue weighted by atomic mass is 16.4. The van der Waals surface area contributed by atoms with Gasteiger partial charge in [-0.05, 0) is 32.6 Å².